The van der Waals surface area contributed by atoms with E-state index in [1.807, 2.05) is 19.1 Å². The van der Waals surface area contributed by atoms with Crippen LogP contribution >= 0.6 is 11.8 Å². The van der Waals surface area contributed by atoms with Crippen molar-refractivity contribution < 1.29 is 24.3 Å². The highest BCUT2D eigenvalue weighted by molar-refractivity contribution is 8.18. The summed E-state index contributed by atoms with van der Waals surface area (Å²) in [6, 6.07) is 17.1. The van der Waals surface area contributed by atoms with Gasteiger partial charge in [-0.15, -0.1) is 0 Å². The first kappa shape index (κ1) is 22.1. The highest BCUT2D eigenvalue weighted by Crippen LogP contribution is 2.32. The number of hydrogen-bond donors (Lipinski definition) is 2. The monoisotopic (exact) mass is 461 g/mol. The zero-order chi connectivity index (χ0) is 23.5. The molecule has 166 valence electrons. The summed E-state index contributed by atoms with van der Waals surface area (Å²) in [5.41, 5.74) is 2.99. The van der Waals surface area contributed by atoms with Crippen LogP contribution in [0.5, 0.6) is 0 Å². The standard InChI is InChI=1S/C24H19N3O5S/c1-15-5-2-3-7-19(15)25-21(28)14-27-22(29)20(33-24(27)32)13-18-6-4-12-26(18)17-10-8-16(9-11-17)23(30)31/h2-13H,14H2,1H3,(H,25,28)(H,30,31)/b20-13-. The molecule has 3 aromatic rings. The average Bonchev–Trinajstić information content (AvgIpc) is 3.35. The van der Waals surface area contributed by atoms with Crippen LogP contribution in [0.2, 0.25) is 0 Å². The lowest BCUT2D eigenvalue weighted by Gasteiger charge is -2.13. The highest BCUT2D eigenvalue weighted by atomic mass is 32.2. The van der Waals surface area contributed by atoms with Crippen molar-refractivity contribution in [3.05, 3.63) is 88.6 Å². The Morgan fingerprint density at radius 2 is 1.76 bits per heavy atom. The lowest BCUT2D eigenvalue weighted by molar-refractivity contribution is -0.127. The molecule has 4 rings (SSSR count). The first-order valence-electron chi connectivity index (χ1n) is 9.95. The zero-order valence-electron chi connectivity index (χ0n) is 17.5. The van der Waals surface area contributed by atoms with E-state index in [4.69, 9.17) is 5.11 Å². The second-order valence-electron chi connectivity index (χ2n) is 7.29. The van der Waals surface area contributed by atoms with Crippen molar-refractivity contribution in [1.29, 1.82) is 0 Å². The summed E-state index contributed by atoms with van der Waals surface area (Å²) in [6.07, 6.45) is 3.34. The molecule has 1 saturated heterocycles. The maximum absolute atomic E-state index is 12.8. The number of nitrogens with one attached hydrogen (secondary N) is 1. The van der Waals surface area contributed by atoms with Crippen LogP contribution in [0.3, 0.4) is 0 Å². The normalized spacial score (nSPS) is 14.7. The van der Waals surface area contributed by atoms with E-state index in [1.54, 1.807) is 53.2 Å². The molecule has 8 nitrogen and oxygen atoms in total. The fourth-order valence-electron chi connectivity index (χ4n) is 3.33. The van der Waals surface area contributed by atoms with Gasteiger partial charge in [0.05, 0.1) is 10.5 Å². The minimum Gasteiger partial charge on any atom is -0.478 e. The number of carbonyl (C=O) groups excluding carboxylic acids is 3. The van der Waals surface area contributed by atoms with E-state index in [0.29, 0.717) is 17.1 Å². The van der Waals surface area contributed by atoms with Crippen LogP contribution in [0.15, 0.2) is 71.8 Å². The Hall–Kier alpha value is -4.11. The second-order valence-corrected chi connectivity index (χ2v) is 8.28. The van der Waals surface area contributed by atoms with Gasteiger partial charge in [-0.3, -0.25) is 19.3 Å². The number of amides is 3. The summed E-state index contributed by atoms with van der Waals surface area (Å²) in [5, 5.41) is 11.3. The van der Waals surface area contributed by atoms with E-state index in [-0.39, 0.29) is 17.0 Å². The van der Waals surface area contributed by atoms with Gasteiger partial charge in [0.15, 0.2) is 0 Å². The number of rotatable bonds is 6. The van der Waals surface area contributed by atoms with Crippen molar-refractivity contribution in [3.8, 4) is 5.69 Å². The lowest BCUT2D eigenvalue weighted by Crippen LogP contribution is -2.36. The molecular formula is C24H19N3O5S. The molecule has 1 aromatic heterocycles. The number of hydrogen-bond acceptors (Lipinski definition) is 5. The van der Waals surface area contributed by atoms with Gasteiger partial charge in [-0.05, 0) is 72.8 Å². The molecule has 1 aliphatic rings. The van der Waals surface area contributed by atoms with Gasteiger partial charge >= 0.3 is 5.97 Å². The Kier molecular flexibility index (Phi) is 6.14. The summed E-state index contributed by atoms with van der Waals surface area (Å²) < 4.78 is 1.77. The second kappa shape index (κ2) is 9.17. The van der Waals surface area contributed by atoms with Crippen LogP contribution in [0.1, 0.15) is 21.6 Å². The molecule has 1 aliphatic heterocycles. The molecule has 0 aliphatic carbocycles. The molecule has 0 atom stereocenters. The van der Waals surface area contributed by atoms with Gasteiger partial charge in [-0.1, -0.05) is 18.2 Å². The third kappa shape index (κ3) is 4.73. The van der Waals surface area contributed by atoms with Crippen LogP contribution in [0.25, 0.3) is 11.8 Å². The Bertz CT molecular complexity index is 1290. The predicted molar refractivity (Wildman–Crippen MR) is 125 cm³/mol. The fraction of sp³-hybridized carbons (Fsp3) is 0.0833. The number of thioether (sulfide) groups is 1. The summed E-state index contributed by atoms with van der Waals surface area (Å²) >= 11 is 0.769. The number of imide groups is 1. The lowest BCUT2D eigenvalue weighted by atomic mass is 10.2. The topological polar surface area (TPSA) is 109 Å². The number of benzene rings is 2. The molecule has 9 heteroatoms. The maximum atomic E-state index is 12.8. The molecule has 0 unspecified atom stereocenters. The molecule has 2 aromatic carbocycles. The minimum absolute atomic E-state index is 0.164. The van der Waals surface area contributed by atoms with E-state index < -0.39 is 23.0 Å². The summed E-state index contributed by atoms with van der Waals surface area (Å²) in [5.74, 6) is -2.02. The number of aromatic nitrogens is 1. The van der Waals surface area contributed by atoms with Crippen molar-refractivity contribution in [1.82, 2.24) is 9.47 Å². The van der Waals surface area contributed by atoms with E-state index >= 15 is 0 Å². The number of aryl methyl sites for hydroxylation is 1. The molecule has 33 heavy (non-hydrogen) atoms. The summed E-state index contributed by atoms with van der Waals surface area (Å²) in [7, 11) is 0. The van der Waals surface area contributed by atoms with E-state index in [9.17, 15) is 19.2 Å². The number of para-hydroxylation sites is 1. The number of aromatic carboxylic acids is 1. The molecule has 2 N–H and O–H groups in total. The SMILES string of the molecule is Cc1ccccc1NC(=O)CN1C(=O)S/C(=C\c2cccn2-c2ccc(C(=O)O)cc2)C1=O. The van der Waals surface area contributed by atoms with Crippen LogP contribution in [0, 0.1) is 6.92 Å². The third-order valence-corrected chi connectivity index (χ3v) is 5.95. The molecule has 0 spiro atoms. The average molecular weight is 461 g/mol. The smallest absolute Gasteiger partial charge is 0.335 e. The van der Waals surface area contributed by atoms with Crippen molar-refractivity contribution in [2.45, 2.75) is 6.92 Å². The van der Waals surface area contributed by atoms with E-state index in [0.717, 1.165) is 22.2 Å². The number of nitrogens with zero attached hydrogens (tertiary/aromatic N) is 2. The Labute approximate surface area is 193 Å². The molecule has 3 amide bonds. The van der Waals surface area contributed by atoms with Gasteiger partial charge in [0.25, 0.3) is 11.1 Å². The highest BCUT2D eigenvalue weighted by Gasteiger charge is 2.36. The molecule has 0 radical (unpaired) electrons. The Morgan fingerprint density at radius 3 is 2.45 bits per heavy atom. The van der Waals surface area contributed by atoms with Crippen molar-refractivity contribution in [2.75, 3.05) is 11.9 Å². The maximum Gasteiger partial charge on any atom is 0.335 e. The van der Waals surface area contributed by atoms with E-state index in [2.05, 4.69) is 5.32 Å². The molecule has 0 bridgehead atoms. The quantitative estimate of drug-likeness (QED) is 0.534. The zero-order valence-corrected chi connectivity index (χ0v) is 18.3. The molecule has 2 heterocycles. The van der Waals surface area contributed by atoms with Crippen LogP contribution in [-0.4, -0.2) is 44.1 Å². The predicted octanol–water partition coefficient (Wildman–Crippen LogP) is 4.16. The third-order valence-electron chi connectivity index (χ3n) is 5.05. The van der Waals surface area contributed by atoms with Crippen LogP contribution in [0.4, 0.5) is 10.5 Å². The Morgan fingerprint density at radius 1 is 1.03 bits per heavy atom. The minimum atomic E-state index is -1.02. The van der Waals surface area contributed by atoms with Crippen molar-refractivity contribution in [2.24, 2.45) is 0 Å². The van der Waals surface area contributed by atoms with E-state index in [1.165, 1.54) is 12.1 Å². The molecule has 1 fully saturated rings. The summed E-state index contributed by atoms with van der Waals surface area (Å²) in [6.45, 7) is 1.47. The van der Waals surface area contributed by atoms with Crippen LogP contribution in [-0.2, 0) is 9.59 Å². The first-order chi connectivity index (χ1) is 15.8. The van der Waals surface area contributed by atoms with Gasteiger partial charge in [-0.25, -0.2) is 4.79 Å². The fourth-order valence-corrected chi connectivity index (χ4v) is 4.15. The number of carboxylic acid groups (broad SMARTS) is 1. The molecular weight excluding hydrogens is 442 g/mol. The largest absolute Gasteiger partial charge is 0.478 e. The van der Waals surface area contributed by atoms with Gasteiger partial charge in [0.2, 0.25) is 5.91 Å². The summed E-state index contributed by atoms with van der Waals surface area (Å²) in [4.78, 5) is 49.8. The number of anilines is 1. The number of carboxylic acids is 1. The number of carbonyl (C=O) groups is 4. The van der Waals surface area contributed by atoms with Crippen molar-refractivity contribution in [3.63, 3.8) is 0 Å². The van der Waals surface area contributed by atoms with Gasteiger partial charge in [0, 0.05) is 23.3 Å². The first-order valence-corrected chi connectivity index (χ1v) is 10.8. The van der Waals surface area contributed by atoms with Gasteiger partial charge in [-0.2, -0.15) is 0 Å². The van der Waals surface area contributed by atoms with Gasteiger partial charge in [0.1, 0.15) is 6.54 Å². The molecule has 0 saturated carbocycles. The van der Waals surface area contributed by atoms with Crippen LogP contribution < -0.4 is 5.32 Å². The Balaban J connectivity index is 1.51. The van der Waals surface area contributed by atoms with Gasteiger partial charge < -0.3 is 15.0 Å². The van der Waals surface area contributed by atoms with Crippen molar-refractivity contribution >= 4 is 46.5 Å².